The summed E-state index contributed by atoms with van der Waals surface area (Å²) >= 11 is 2.20. The minimum atomic E-state index is -0.707. The second-order valence-corrected chi connectivity index (χ2v) is 4.04. The van der Waals surface area contributed by atoms with Gasteiger partial charge in [-0.15, -0.1) is 0 Å². The summed E-state index contributed by atoms with van der Waals surface area (Å²) in [4.78, 5) is 11.4. The quantitative estimate of drug-likeness (QED) is 0.506. The second kappa shape index (κ2) is 5.89. The van der Waals surface area contributed by atoms with Gasteiger partial charge in [-0.3, -0.25) is 4.79 Å². The van der Waals surface area contributed by atoms with E-state index in [4.69, 9.17) is 5.11 Å². The molecule has 5 heteroatoms. The number of nitrogens with one attached hydrogen (secondary N) is 1. The third-order valence-electron chi connectivity index (χ3n) is 1.79. The number of hydrogen-bond acceptors (Lipinski definition) is 2. The van der Waals surface area contributed by atoms with Gasteiger partial charge in [0.2, 0.25) is 0 Å². The Morgan fingerprint density at radius 1 is 1.53 bits per heavy atom. The third kappa shape index (κ3) is 3.65. The topological polar surface area (TPSA) is 49.3 Å². The number of halogens is 2. The van der Waals surface area contributed by atoms with Crippen LogP contribution in [0.5, 0.6) is 5.75 Å². The maximum absolute atomic E-state index is 13.2. The minimum absolute atomic E-state index is 0.0405. The van der Waals surface area contributed by atoms with Crippen LogP contribution in [-0.4, -0.2) is 22.0 Å². The number of rotatable bonds is 4. The summed E-state index contributed by atoms with van der Waals surface area (Å²) in [5.74, 6) is -1.34. The zero-order valence-electron chi connectivity index (χ0n) is 7.96. The van der Waals surface area contributed by atoms with Gasteiger partial charge in [0, 0.05) is 17.0 Å². The number of hydrogen-bond donors (Lipinski definition) is 2. The lowest BCUT2D eigenvalue weighted by atomic mass is 10.2. The molecule has 2 N–H and O–H groups in total. The van der Waals surface area contributed by atoms with Crippen LogP contribution in [0.15, 0.2) is 18.2 Å². The van der Waals surface area contributed by atoms with Gasteiger partial charge in [0.1, 0.15) is 11.6 Å². The molecule has 1 rings (SSSR count). The number of carbonyl (C=O) groups is 1. The number of aromatic hydroxyl groups is 1. The van der Waals surface area contributed by atoms with E-state index < -0.39 is 11.7 Å². The zero-order valence-corrected chi connectivity index (χ0v) is 10.1. The number of carbonyl (C=O) groups excluding carboxylic acids is 1. The first-order chi connectivity index (χ1) is 7.15. The van der Waals surface area contributed by atoms with Gasteiger partial charge in [0.25, 0.3) is 5.91 Å². The Balaban J connectivity index is 2.65. The largest absolute Gasteiger partial charge is 0.508 e. The fourth-order valence-corrected chi connectivity index (χ4v) is 1.43. The summed E-state index contributed by atoms with van der Waals surface area (Å²) in [6, 6.07) is 3.48. The summed E-state index contributed by atoms with van der Waals surface area (Å²) in [7, 11) is 0. The van der Waals surface area contributed by atoms with Crippen LogP contribution in [0.25, 0.3) is 0 Å². The van der Waals surface area contributed by atoms with Gasteiger partial charge in [0.15, 0.2) is 0 Å². The average Bonchev–Trinajstić information content (AvgIpc) is 2.17. The molecule has 0 heterocycles. The highest BCUT2D eigenvalue weighted by Gasteiger charge is 2.10. The van der Waals surface area contributed by atoms with Crippen molar-refractivity contribution in [3.05, 3.63) is 29.6 Å². The Hall–Kier alpha value is -0.850. The lowest BCUT2D eigenvalue weighted by Gasteiger charge is -2.05. The van der Waals surface area contributed by atoms with E-state index in [1.54, 1.807) is 0 Å². The molecule has 0 radical (unpaired) electrons. The fraction of sp³-hybridized carbons (Fsp3) is 0.300. The molecular formula is C10H11FINO2. The van der Waals surface area contributed by atoms with Gasteiger partial charge in [0.05, 0.1) is 5.56 Å². The SMILES string of the molecule is O=C(NCCCI)c1ccc(O)cc1F. The minimum Gasteiger partial charge on any atom is -0.508 e. The van der Waals surface area contributed by atoms with Crippen molar-refractivity contribution in [2.75, 3.05) is 11.0 Å². The summed E-state index contributed by atoms with van der Waals surface area (Å²) < 4.78 is 14.1. The van der Waals surface area contributed by atoms with E-state index in [0.717, 1.165) is 16.9 Å². The van der Waals surface area contributed by atoms with Crippen molar-refractivity contribution in [2.45, 2.75) is 6.42 Å². The van der Waals surface area contributed by atoms with Crippen LogP contribution >= 0.6 is 22.6 Å². The number of benzene rings is 1. The molecule has 0 spiro atoms. The molecule has 3 nitrogen and oxygen atoms in total. The molecule has 0 fully saturated rings. The Bertz CT molecular complexity index is 357. The molecule has 0 unspecified atom stereocenters. The molecule has 1 amide bonds. The second-order valence-electron chi connectivity index (χ2n) is 2.96. The fourth-order valence-electron chi connectivity index (χ4n) is 1.05. The number of alkyl halides is 1. The van der Waals surface area contributed by atoms with Crippen molar-refractivity contribution in [2.24, 2.45) is 0 Å². The Kier molecular flexibility index (Phi) is 4.80. The first kappa shape index (κ1) is 12.2. The molecule has 0 aliphatic carbocycles. The highest BCUT2D eigenvalue weighted by molar-refractivity contribution is 14.1. The van der Waals surface area contributed by atoms with Crippen LogP contribution < -0.4 is 5.32 Å². The lowest BCUT2D eigenvalue weighted by Crippen LogP contribution is -2.25. The highest BCUT2D eigenvalue weighted by Crippen LogP contribution is 2.14. The van der Waals surface area contributed by atoms with Crippen molar-refractivity contribution in [1.82, 2.24) is 5.32 Å². The molecule has 0 aliphatic rings. The van der Waals surface area contributed by atoms with Crippen molar-refractivity contribution in [3.8, 4) is 5.75 Å². The lowest BCUT2D eigenvalue weighted by molar-refractivity contribution is 0.0950. The number of phenolic OH excluding ortho intramolecular Hbond substituents is 1. The standard InChI is InChI=1S/C10H11FINO2/c11-9-6-7(14)2-3-8(9)10(15)13-5-1-4-12/h2-3,6,14H,1,4-5H2,(H,13,15). The van der Waals surface area contributed by atoms with E-state index in [0.29, 0.717) is 6.54 Å². The molecule has 0 atom stereocenters. The molecule has 0 aliphatic heterocycles. The van der Waals surface area contributed by atoms with Gasteiger partial charge < -0.3 is 10.4 Å². The van der Waals surface area contributed by atoms with E-state index in [1.807, 2.05) is 0 Å². The molecule has 82 valence electrons. The van der Waals surface area contributed by atoms with Gasteiger partial charge in [-0.25, -0.2) is 4.39 Å². The summed E-state index contributed by atoms with van der Waals surface area (Å²) in [5, 5.41) is 11.6. The molecule has 1 aromatic rings. The van der Waals surface area contributed by atoms with Gasteiger partial charge >= 0.3 is 0 Å². The molecule has 0 aromatic heterocycles. The third-order valence-corrected chi connectivity index (χ3v) is 2.56. The molecule has 0 saturated heterocycles. The molecule has 0 bridgehead atoms. The first-order valence-corrected chi connectivity index (χ1v) is 6.00. The van der Waals surface area contributed by atoms with Crippen molar-refractivity contribution < 1.29 is 14.3 Å². The Morgan fingerprint density at radius 2 is 2.27 bits per heavy atom. The average molecular weight is 323 g/mol. The van der Waals surface area contributed by atoms with E-state index in [2.05, 4.69) is 27.9 Å². The number of amides is 1. The van der Waals surface area contributed by atoms with E-state index >= 15 is 0 Å². The monoisotopic (exact) mass is 323 g/mol. The normalized spacial score (nSPS) is 10.0. The van der Waals surface area contributed by atoms with Crippen LogP contribution in [0.4, 0.5) is 4.39 Å². The summed E-state index contributed by atoms with van der Waals surface area (Å²) in [6.45, 7) is 0.530. The Labute approximate surface area is 101 Å². The van der Waals surface area contributed by atoms with Crippen LogP contribution in [0.3, 0.4) is 0 Å². The molecule has 15 heavy (non-hydrogen) atoms. The predicted molar refractivity (Wildman–Crippen MR) is 63.9 cm³/mol. The van der Waals surface area contributed by atoms with Crippen LogP contribution in [-0.2, 0) is 0 Å². The van der Waals surface area contributed by atoms with Crippen molar-refractivity contribution in [1.29, 1.82) is 0 Å². The van der Waals surface area contributed by atoms with Gasteiger partial charge in [-0.2, -0.15) is 0 Å². The zero-order chi connectivity index (χ0) is 11.3. The summed E-state index contributed by atoms with van der Waals surface area (Å²) in [5.41, 5.74) is -0.0405. The van der Waals surface area contributed by atoms with Gasteiger partial charge in [-0.05, 0) is 18.6 Å². The van der Waals surface area contributed by atoms with Crippen LogP contribution in [0.2, 0.25) is 0 Å². The maximum atomic E-state index is 13.2. The predicted octanol–water partition coefficient (Wildman–Crippen LogP) is 2.09. The maximum Gasteiger partial charge on any atom is 0.254 e. The summed E-state index contributed by atoms with van der Waals surface area (Å²) in [6.07, 6.45) is 0.853. The Morgan fingerprint density at radius 3 is 2.87 bits per heavy atom. The van der Waals surface area contributed by atoms with E-state index in [1.165, 1.54) is 12.1 Å². The van der Waals surface area contributed by atoms with Crippen molar-refractivity contribution in [3.63, 3.8) is 0 Å². The molecular weight excluding hydrogens is 312 g/mol. The van der Waals surface area contributed by atoms with Crippen molar-refractivity contribution >= 4 is 28.5 Å². The molecule has 0 saturated carbocycles. The van der Waals surface area contributed by atoms with E-state index in [9.17, 15) is 9.18 Å². The number of phenols is 1. The van der Waals surface area contributed by atoms with Crippen LogP contribution in [0, 0.1) is 5.82 Å². The van der Waals surface area contributed by atoms with Crippen LogP contribution in [0.1, 0.15) is 16.8 Å². The highest BCUT2D eigenvalue weighted by atomic mass is 127. The van der Waals surface area contributed by atoms with Gasteiger partial charge in [-0.1, -0.05) is 22.6 Å². The first-order valence-electron chi connectivity index (χ1n) is 4.48. The van der Waals surface area contributed by atoms with E-state index in [-0.39, 0.29) is 11.3 Å². The molecule has 1 aromatic carbocycles. The smallest absolute Gasteiger partial charge is 0.254 e.